The van der Waals surface area contributed by atoms with E-state index in [1.54, 1.807) is 6.21 Å². The number of nitrogens with two attached hydrogens (primary N) is 1. The Hall–Kier alpha value is -3.14. The van der Waals surface area contributed by atoms with Gasteiger partial charge in [-0.3, -0.25) is 4.99 Å². The Bertz CT molecular complexity index is 854. The number of nitrogens with one attached hydrogen (secondary N) is 1. The van der Waals surface area contributed by atoms with Crippen molar-refractivity contribution in [3.05, 3.63) is 83.9 Å². The lowest BCUT2D eigenvalue weighted by atomic mass is 10.1. The SMILES string of the molecule is NC(=NCCc1ccccc1)NN=Cc1ccc2ccccc2c1. The van der Waals surface area contributed by atoms with E-state index in [1.807, 2.05) is 36.4 Å². The number of guanidine groups is 1. The molecule has 0 spiro atoms. The van der Waals surface area contributed by atoms with Gasteiger partial charge in [-0.25, -0.2) is 5.43 Å². The molecule has 0 saturated heterocycles. The first-order valence-electron chi connectivity index (χ1n) is 7.93. The highest BCUT2D eigenvalue weighted by Gasteiger charge is 1.94. The molecule has 0 aliphatic carbocycles. The van der Waals surface area contributed by atoms with Gasteiger partial charge in [-0.1, -0.05) is 66.7 Å². The topological polar surface area (TPSA) is 62.8 Å². The molecule has 0 radical (unpaired) electrons. The molecule has 3 aromatic rings. The molecule has 0 amide bonds. The molecule has 3 N–H and O–H groups in total. The Kier molecular flexibility index (Phi) is 5.20. The third-order valence-electron chi connectivity index (χ3n) is 3.69. The molecule has 0 unspecified atom stereocenters. The molecule has 0 aliphatic rings. The Morgan fingerprint density at radius 2 is 1.67 bits per heavy atom. The molecule has 0 aromatic heterocycles. The second-order valence-corrected chi connectivity index (χ2v) is 5.48. The fraction of sp³-hybridized carbons (Fsp3) is 0.100. The van der Waals surface area contributed by atoms with Crippen LogP contribution in [0.15, 0.2) is 82.9 Å². The zero-order chi connectivity index (χ0) is 16.6. The molecule has 3 aromatic carbocycles. The van der Waals surface area contributed by atoms with Crippen molar-refractivity contribution < 1.29 is 0 Å². The van der Waals surface area contributed by atoms with Crippen LogP contribution in [0.4, 0.5) is 0 Å². The summed E-state index contributed by atoms with van der Waals surface area (Å²) in [4.78, 5) is 4.27. The first kappa shape index (κ1) is 15.7. The number of rotatable bonds is 5. The van der Waals surface area contributed by atoms with Gasteiger partial charge in [-0.15, -0.1) is 0 Å². The van der Waals surface area contributed by atoms with Gasteiger partial charge in [-0.2, -0.15) is 5.10 Å². The molecule has 3 rings (SSSR count). The first-order chi connectivity index (χ1) is 11.8. The molecule has 0 atom stereocenters. The highest BCUT2D eigenvalue weighted by molar-refractivity contribution is 5.90. The third kappa shape index (κ3) is 4.43. The summed E-state index contributed by atoms with van der Waals surface area (Å²) >= 11 is 0. The van der Waals surface area contributed by atoms with Crippen molar-refractivity contribution in [1.82, 2.24) is 5.43 Å². The zero-order valence-corrected chi connectivity index (χ0v) is 13.4. The lowest BCUT2D eigenvalue weighted by Gasteiger charge is -2.01. The van der Waals surface area contributed by atoms with Crippen LogP contribution < -0.4 is 11.2 Å². The smallest absolute Gasteiger partial charge is 0.209 e. The lowest BCUT2D eigenvalue weighted by molar-refractivity contribution is 0.926. The van der Waals surface area contributed by atoms with Crippen LogP contribution in [0.5, 0.6) is 0 Å². The highest BCUT2D eigenvalue weighted by atomic mass is 15.3. The van der Waals surface area contributed by atoms with Crippen LogP contribution in [-0.2, 0) is 6.42 Å². The van der Waals surface area contributed by atoms with Crippen molar-refractivity contribution in [1.29, 1.82) is 0 Å². The van der Waals surface area contributed by atoms with Crippen molar-refractivity contribution in [2.75, 3.05) is 6.54 Å². The standard InChI is InChI=1S/C20H20N4/c21-20(22-13-12-16-6-2-1-3-7-16)24-23-15-17-10-11-18-8-4-5-9-19(18)14-17/h1-11,14-15H,12-13H2,(H3,21,22,24). The molecular weight excluding hydrogens is 296 g/mol. The van der Waals surface area contributed by atoms with E-state index in [-0.39, 0.29) is 0 Å². The van der Waals surface area contributed by atoms with Crippen molar-refractivity contribution in [2.45, 2.75) is 6.42 Å². The minimum Gasteiger partial charge on any atom is -0.369 e. The largest absolute Gasteiger partial charge is 0.369 e. The second kappa shape index (κ2) is 7.92. The lowest BCUT2D eigenvalue weighted by Crippen LogP contribution is -2.27. The van der Waals surface area contributed by atoms with Crippen LogP contribution in [0.3, 0.4) is 0 Å². The summed E-state index contributed by atoms with van der Waals surface area (Å²) in [6, 6.07) is 24.6. The Morgan fingerprint density at radius 3 is 2.50 bits per heavy atom. The number of fused-ring (bicyclic) bond motifs is 1. The molecule has 4 nitrogen and oxygen atoms in total. The summed E-state index contributed by atoms with van der Waals surface area (Å²) in [7, 11) is 0. The zero-order valence-electron chi connectivity index (χ0n) is 13.4. The first-order valence-corrected chi connectivity index (χ1v) is 7.93. The second-order valence-electron chi connectivity index (χ2n) is 5.48. The van der Waals surface area contributed by atoms with Crippen LogP contribution in [0.25, 0.3) is 10.8 Å². The monoisotopic (exact) mass is 316 g/mol. The maximum absolute atomic E-state index is 5.82. The van der Waals surface area contributed by atoms with Crippen molar-refractivity contribution in [3.63, 3.8) is 0 Å². The predicted octanol–water partition coefficient (Wildman–Crippen LogP) is 3.32. The number of nitrogens with zero attached hydrogens (tertiary/aromatic N) is 2. The van der Waals surface area contributed by atoms with E-state index in [4.69, 9.17) is 5.73 Å². The Labute approximate surface area is 141 Å². The van der Waals surface area contributed by atoms with Crippen molar-refractivity contribution in [3.8, 4) is 0 Å². The van der Waals surface area contributed by atoms with Crippen LogP contribution in [0.2, 0.25) is 0 Å². The van der Waals surface area contributed by atoms with E-state index in [0.717, 1.165) is 12.0 Å². The molecule has 0 aliphatic heterocycles. The molecular formula is C20H20N4. The van der Waals surface area contributed by atoms with Crippen LogP contribution in [-0.4, -0.2) is 18.7 Å². The van der Waals surface area contributed by atoms with Gasteiger partial charge in [0.15, 0.2) is 0 Å². The van der Waals surface area contributed by atoms with Gasteiger partial charge in [0.2, 0.25) is 5.96 Å². The summed E-state index contributed by atoms with van der Waals surface area (Å²) < 4.78 is 0. The van der Waals surface area contributed by atoms with Gasteiger partial charge < -0.3 is 5.73 Å². The van der Waals surface area contributed by atoms with E-state index in [2.05, 4.69) is 51.9 Å². The minimum atomic E-state index is 0.322. The number of aliphatic imine (C=N–C) groups is 1. The number of hydrogen-bond acceptors (Lipinski definition) is 2. The van der Waals surface area contributed by atoms with E-state index < -0.39 is 0 Å². The van der Waals surface area contributed by atoms with E-state index in [9.17, 15) is 0 Å². The molecule has 0 bridgehead atoms. The molecule has 0 saturated carbocycles. The van der Waals surface area contributed by atoms with Crippen molar-refractivity contribution >= 4 is 22.9 Å². The normalized spacial score (nSPS) is 11.9. The van der Waals surface area contributed by atoms with E-state index in [1.165, 1.54) is 16.3 Å². The third-order valence-corrected chi connectivity index (χ3v) is 3.69. The number of hydrogen-bond donors (Lipinski definition) is 2. The molecule has 120 valence electrons. The van der Waals surface area contributed by atoms with Crippen LogP contribution in [0, 0.1) is 0 Å². The fourth-order valence-electron chi connectivity index (χ4n) is 2.45. The quantitative estimate of drug-likeness (QED) is 0.431. The molecule has 0 fully saturated rings. The van der Waals surface area contributed by atoms with Gasteiger partial charge in [0, 0.05) is 6.54 Å². The Morgan fingerprint density at radius 1 is 0.917 bits per heavy atom. The maximum Gasteiger partial charge on any atom is 0.209 e. The van der Waals surface area contributed by atoms with Gasteiger partial charge in [0.25, 0.3) is 0 Å². The number of hydrazone groups is 1. The maximum atomic E-state index is 5.82. The molecule has 0 heterocycles. The summed E-state index contributed by atoms with van der Waals surface area (Å²) in [5, 5.41) is 6.54. The average molecular weight is 316 g/mol. The minimum absolute atomic E-state index is 0.322. The Balaban J connectivity index is 1.53. The van der Waals surface area contributed by atoms with Crippen molar-refractivity contribution in [2.24, 2.45) is 15.8 Å². The summed E-state index contributed by atoms with van der Waals surface area (Å²) in [5.41, 5.74) is 10.8. The van der Waals surface area contributed by atoms with Gasteiger partial charge in [-0.05, 0) is 34.4 Å². The summed E-state index contributed by atoms with van der Waals surface area (Å²) in [6.07, 6.45) is 2.60. The van der Waals surface area contributed by atoms with Gasteiger partial charge >= 0.3 is 0 Å². The number of benzene rings is 3. The fourth-order valence-corrected chi connectivity index (χ4v) is 2.45. The molecule has 24 heavy (non-hydrogen) atoms. The summed E-state index contributed by atoms with van der Waals surface area (Å²) in [5.74, 6) is 0.322. The van der Waals surface area contributed by atoms with E-state index in [0.29, 0.717) is 12.5 Å². The molecule has 4 heteroatoms. The van der Waals surface area contributed by atoms with E-state index >= 15 is 0 Å². The van der Waals surface area contributed by atoms with Crippen LogP contribution >= 0.6 is 0 Å². The highest BCUT2D eigenvalue weighted by Crippen LogP contribution is 2.14. The average Bonchev–Trinajstić information content (AvgIpc) is 2.62. The predicted molar refractivity (Wildman–Crippen MR) is 101 cm³/mol. The summed E-state index contributed by atoms with van der Waals surface area (Å²) in [6.45, 7) is 0.633. The van der Waals surface area contributed by atoms with Crippen LogP contribution in [0.1, 0.15) is 11.1 Å². The van der Waals surface area contributed by atoms with Gasteiger partial charge in [0.05, 0.1) is 6.21 Å². The van der Waals surface area contributed by atoms with Gasteiger partial charge in [0.1, 0.15) is 0 Å².